The Hall–Kier alpha value is -1.56. The Bertz CT molecular complexity index is 506. The second kappa shape index (κ2) is 5.50. The zero-order valence-corrected chi connectivity index (χ0v) is 9.61. The van der Waals surface area contributed by atoms with Crippen molar-refractivity contribution in [1.29, 1.82) is 0 Å². The van der Waals surface area contributed by atoms with Crippen molar-refractivity contribution in [3.63, 3.8) is 0 Å². The van der Waals surface area contributed by atoms with E-state index in [9.17, 15) is 8.42 Å². The molecule has 0 aromatic heterocycles. The molecule has 0 radical (unpaired) electrons. The first-order chi connectivity index (χ1) is 7.56. The summed E-state index contributed by atoms with van der Waals surface area (Å²) in [7, 11) is -3.50. The minimum absolute atomic E-state index is 0.0976. The minimum Gasteiger partial charge on any atom is -0.211 e. The first kappa shape index (κ1) is 12.5. The number of nitrogens with one attached hydrogen (secondary N) is 1. The monoisotopic (exact) mass is 240 g/mol. The molecule has 1 aromatic rings. The van der Waals surface area contributed by atoms with E-state index < -0.39 is 10.0 Å². The number of nitrogens with zero attached hydrogens (tertiary/aromatic N) is 3. The lowest BCUT2D eigenvalue weighted by molar-refractivity contribution is 0.582. The first-order valence-electron chi connectivity index (χ1n) is 4.63. The number of sulfonamides is 1. The molecule has 0 fully saturated rings. The number of benzene rings is 1. The van der Waals surface area contributed by atoms with E-state index in [-0.39, 0.29) is 18.0 Å². The van der Waals surface area contributed by atoms with Gasteiger partial charge in [-0.1, -0.05) is 17.2 Å². The SMILES string of the molecule is Cc1cccc(S(=O)(=O)NCCN=[N+]=[N-])c1. The van der Waals surface area contributed by atoms with E-state index in [4.69, 9.17) is 5.53 Å². The molecule has 1 rings (SSSR count). The molecule has 6 nitrogen and oxygen atoms in total. The lowest BCUT2D eigenvalue weighted by Gasteiger charge is -2.05. The molecule has 0 unspecified atom stereocenters. The molecule has 1 aromatic carbocycles. The normalized spacial score (nSPS) is 10.8. The van der Waals surface area contributed by atoms with Gasteiger partial charge in [0.05, 0.1) is 4.90 Å². The maximum Gasteiger partial charge on any atom is 0.240 e. The maximum atomic E-state index is 11.7. The number of hydrogen-bond acceptors (Lipinski definition) is 3. The molecular formula is C9H12N4O2S. The Balaban J connectivity index is 2.74. The molecule has 0 amide bonds. The summed E-state index contributed by atoms with van der Waals surface area (Å²) in [5.74, 6) is 0. The molecule has 0 spiro atoms. The van der Waals surface area contributed by atoms with Gasteiger partial charge in [0, 0.05) is 18.0 Å². The zero-order chi connectivity index (χ0) is 12.0. The second-order valence-electron chi connectivity index (χ2n) is 3.17. The van der Waals surface area contributed by atoms with Crippen molar-refractivity contribution in [2.45, 2.75) is 11.8 Å². The predicted molar refractivity (Wildman–Crippen MR) is 60.4 cm³/mol. The Kier molecular flexibility index (Phi) is 4.30. The van der Waals surface area contributed by atoms with Gasteiger partial charge < -0.3 is 0 Å². The average Bonchev–Trinajstić information content (AvgIpc) is 2.24. The molecule has 0 saturated heterocycles. The highest BCUT2D eigenvalue weighted by Crippen LogP contribution is 2.10. The zero-order valence-electron chi connectivity index (χ0n) is 8.79. The van der Waals surface area contributed by atoms with Gasteiger partial charge in [0.1, 0.15) is 0 Å². The highest BCUT2D eigenvalue weighted by molar-refractivity contribution is 7.89. The van der Waals surface area contributed by atoms with Gasteiger partial charge >= 0.3 is 0 Å². The van der Waals surface area contributed by atoms with E-state index in [1.54, 1.807) is 12.1 Å². The number of azide groups is 1. The summed E-state index contributed by atoms with van der Waals surface area (Å²) < 4.78 is 25.7. The quantitative estimate of drug-likeness (QED) is 0.366. The van der Waals surface area contributed by atoms with Crippen molar-refractivity contribution in [3.05, 3.63) is 40.3 Å². The van der Waals surface area contributed by atoms with Crippen molar-refractivity contribution in [2.24, 2.45) is 5.11 Å². The maximum absolute atomic E-state index is 11.7. The highest BCUT2D eigenvalue weighted by Gasteiger charge is 2.12. The molecule has 0 heterocycles. The van der Waals surface area contributed by atoms with Crippen molar-refractivity contribution >= 4 is 10.0 Å². The highest BCUT2D eigenvalue weighted by atomic mass is 32.2. The number of rotatable bonds is 5. The molecule has 86 valence electrons. The van der Waals surface area contributed by atoms with Gasteiger partial charge in [0.25, 0.3) is 0 Å². The lowest BCUT2D eigenvalue weighted by atomic mass is 10.2. The fraction of sp³-hybridized carbons (Fsp3) is 0.333. The third-order valence-corrected chi connectivity index (χ3v) is 3.33. The Morgan fingerprint density at radius 3 is 2.88 bits per heavy atom. The Labute approximate surface area is 94.0 Å². The summed E-state index contributed by atoms with van der Waals surface area (Å²) in [6.07, 6.45) is 0. The summed E-state index contributed by atoms with van der Waals surface area (Å²) in [6, 6.07) is 6.59. The van der Waals surface area contributed by atoms with Crippen molar-refractivity contribution in [2.75, 3.05) is 13.1 Å². The van der Waals surface area contributed by atoms with Crippen LogP contribution in [-0.2, 0) is 10.0 Å². The second-order valence-corrected chi connectivity index (χ2v) is 4.94. The summed E-state index contributed by atoms with van der Waals surface area (Å²) in [4.78, 5) is 2.75. The summed E-state index contributed by atoms with van der Waals surface area (Å²) in [5.41, 5.74) is 8.90. The van der Waals surface area contributed by atoms with Crippen LogP contribution >= 0.6 is 0 Å². The van der Waals surface area contributed by atoms with Crippen LogP contribution in [0.3, 0.4) is 0 Å². The molecule has 0 aliphatic rings. The van der Waals surface area contributed by atoms with Crippen molar-refractivity contribution in [1.82, 2.24) is 4.72 Å². The van der Waals surface area contributed by atoms with Gasteiger partial charge in [-0.15, -0.1) is 0 Å². The van der Waals surface area contributed by atoms with Gasteiger partial charge in [-0.05, 0) is 30.2 Å². The van der Waals surface area contributed by atoms with E-state index in [0.29, 0.717) is 0 Å². The van der Waals surface area contributed by atoms with Gasteiger partial charge in [-0.3, -0.25) is 0 Å². The van der Waals surface area contributed by atoms with E-state index >= 15 is 0 Å². The van der Waals surface area contributed by atoms with Crippen molar-refractivity contribution in [3.8, 4) is 0 Å². The van der Waals surface area contributed by atoms with Crippen LogP contribution in [0.5, 0.6) is 0 Å². The van der Waals surface area contributed by atoms with Gasteiger partial charge in [0.15, 0.2) is 0 Å². The molecule has 0 aliphatic heterocycles. The van der Waals surface area contributed by atoms with E-state index in [0.717, 1.165) is 5.56 Å². The minimum atomic E-state index is -3.50. The number of hydrogen-bond donors (Lipinski definition) is 1. The van der Waals surface area contributed by atoms with Crippen LogP contribution in [0.1, 0.15) is 5.56 Å². The van der Waals surface area contributed by atoms with E-state index in [2.05, 4.69) is 14.7 Å². The van der Waals surface area contributed by atoms with Crippen LogP contribution in [0.15, 0.2) is 34.3 Å². The smallest absolute Gasteiger partial charge is 0.211 e. The molecule has 16 heavy (non-hydrogen) atoms. The molecule has 7 heteroatoms. The lowest BCUT2D eigenvalue weighted by Crippen LogP contribution is -2.26. The fourth-order valence-corrected chi connectivity index (χ4v) is 2.27. The Morgan fingerprint density at radius 2 is 2.25 bits per heavy atom. The summed E-state index contributed by atoms with van der Waals surface area (Å²) in [6.45, 7) is 2.01. The van der Waals surface area contributed by atoms with E-state index in [1.807, 2.05) is 13.0 Å². The molecule has 0 atom stereocenters. The summed E-state index contributed by atoms with van der Waals surface area (Å²) in [5, 5.41) is 3.24. The van der Waals surface area contributed by atoms with Crippen molar-refractivity contribution < 1.29 is 8.42 Å². The molecule has 0 aliphatic carbocycles. The van der Waals surface area contributed by atoms with Crippen LogP contribution in [0, 0.1) is 6.92 Å². The molecule has 1 N–H and O–H groups in total. The topological polar surface area (TPSA) is 94.9 Å². The van der Waals surface area contributed by atoms with Gasteiger partial charge in [-0.2, -0.15) is 0 Å². The van der Waals surface area contributed by atoms with Gasteiger partial charge in [0.2, 0.25) is 10.0 Å². The summed E-state index contributed by atoms with van der Waals surface area (Å²) >= 11 is 0. The van der Waals surface area contributed by atoms with Crippen LogP contribution < -0.4 is 4.72 Å². The Morgan fingerprint density at radius 1 is 1.50 bits per heavy atom. The third kappa shape index (κ3) is 3.54. The standard InChI is InChI=1S/C9H12N4O2S/c1-8-3-2-4-9(7-8)16(14,15)12-6-5-11-13-10/h2-4,7,12H,5-6H2,1H3. The fourth-order valence-electron chi connectivity index (χ4n) is 1.14. The van der Waals surface area contributed by atoms with Crippen LogP contribution in [-0.4, -0.2) is 21.5 Å². The van der Waals surface area contributed by atoms with Crippen LogP contribution in [0.25, 0.3) is 10.4 Å². The first-order valence-corrected chi connectivity index (χ1v) is 6.12. The molecule has 0 bridgehead atoms. The van der Waals surface area contributed by atoms with Crippen LogP contribution in [0.2, 0.25) is 0 Å². The largest absolute Gasteiger partial charge is 0.240 e. The molecule has 0 saturated carbocycles. The number of aryl methyl sites for hydroxylation is 1. The molecular weight excluding hydrogens is 228 g/mol. The van der Waals surface area contributed by atoms with E-state index in [1.165, 1.54) is 6.07 Å². The predicted octanol–water partition coefficient (Wildman–Crippen LogP) is 1.58. The van der Waals surface area contributed by atoms with Gasteiger partial charge in [-0.25, -0.2) is 13.1 Å². The third-order valence-electron chi connectivity index (χ3n) is 1.87. The average molecular weight is 240 g/mol. The van der Waals surface area contributed by atoms with Crippen LogP contribution in [0.4, 0.5) is 0 Å².